The Morgan fingerprint density at radius 2 is 2.22 bits per heavy atom. The lowest BCUT2D eigenvalue weighted by molar-refractivity contribution is 0.0151. The Morgan fingerprint density at radius 1 is 1.44 bits per heavy atom. The zero-order valence-electron chi connectivity index (χ0n) is 10.1. The SMILES string of the molecule is Cc1cccc2nc(N)n(CCOCC(F)F)c12. The summed E-state index contributed by atoms with van der Waals surface area (Å²) < 4.78 is 30.5. The van der Waals surface area contributed by atoms with Gasteiger partial charge in [-0.1, -0.05) is 12.1 Å². The highest BCUT2D eigenvalue weighted by molar-refractivity contribution is 5.81. The standard InChI is InChI=1S/C12H15F2N3O/c1-8-3-2-4-9-11(8)17(12(15)16-9)5-6-18-7-10(13)14/h2-4,10H,5-7H2,1H3,(H2,15,16). The third-order valence-electron chi connectivity index (χ3n) is 2.70. The lowest BCUT2D eigenvalue weighted by Crippen LogP contribution is -2.12. The molecule has 18 heavy (non-hydrogen) atoms. The Kier molecular flexibility index (Phi) is 3.76. The van der Waals surface area contributed by atoms with Crippen molar-refractivity contribution in [3.05, 3.63) is 23.8 Å². The van der Waals surface area contributed by atoms with Gasteiger partial charge in [-0.2, -0.15) is 0 Å². The first kappa shape index (κ1) is 12.8. The van der Waals surface area contributed by atoms with E-state index in [1.807, 2.05) is 25.1 Å². The minimum atomic E-state index is -2.44. The molecule has 1 aromatic heterocycles. The number of hydrogen-bond donors (Lipinski definition) is 1. The van der Waals surface area contributed by atoms with Gasteiger partial charge in [0.2, 0.25) is 5.95 Å². The number of aromatic nitrogens is 2. The molecule has 0 aliphatic carbocycles. The summed E-state index contributed by atoms with van der Waals surface area (Å²) in [4.78, 5) is 4.22. The fourth-order valence-corrected chi connectivity index (χ4v) is 1.94. The van der Waals surface area contributed by atoms with Crippen LogP contribution in [0, 0.1) is 6.92 Å². The van der Waals surface area contributed by atoms with Crippen LogP contribution in [0.4, 0.5) is 14.7 Å². The Hall–Kier alpha value is -1.69. The van der Waals surface area contributed by atoms with Gasteiger partial charge in [-0.25, -0.2) is 13.8 Å². The molecule has 0 fully saturated rings. The van der Waals surface area contributed by atoms with Crippen LogP contribution in [0.5, 0.6) is 0 Å². The molecule has 0 aliphatic heterocycles. The van der Waals surface area contributed by atoms with Crippen molar-refractivity contribution in [2.45, 2.75) is 19.9 Å². The summed E-state index contributed by atoms with van der Waals surface area (Å²) in [6.07, 6.45) is -2.44. The number of anilines is 1. The second kappa shape index (κ2) is 5.30. The largest absolute Gasteiger partial charge is 0.374 e. The predicted molar refractivity (Wildman–Crippen MR) is 65.7 cm³/mol. The molecule has 0 saturated carbocycles. The van der Waals surface area contributed by atoms with E-state index in [2.05, 4.69) is 4.98 Å². The van der Waals surface area contributed by atoms with E-state index >= 15 is 0 Å². The summed E-state index contributed by atoms with van der Waals surface area (Å²) in [6.45, 7) is 2.01. The van der Waals surface area contributed by atoms with E-state index in [9.17, 15) is 8.78 Å². The number of aryl methyl sites for hydroxylation is 1. The molecule has 1 heterocycles. The van der Waals surface area contributed by atoms with Crippen molar-refractivity contribution in [1.82, 2.24) is 9.55 Å². The molecule has 2 rings (SSSR count). The number of benzene rings is 1. The first-order valence-electron chi connectivity index (χ1n) is 5.67. The monoisotopic (exact) mass is 255 g/mol. The summed E-state index contributed by atoms with van der Waals surface area (Å²) in [5.41, 5.74) is 8.59. The van der Waals surface area contributed by atoms with Gasteiger partial charge in [0.1, 0.15) is 6.61 Å². The Labute approximate surface area is 103 Å². The van der Waals surface area contributed by atoms with Crippen LogP contribution < -0.4 is 5.73 Å². The van der Waals surface area contributed by atoms with Crippen molar-refractivity contribution in [3.8, 4) is 0 Å². The zero-order valence-corrected chi connectivity index (χ0v) is 10.1. The predicted octanol–water partition coefficient (Wildman–Crippen LogP) is 2.21. The second-order valence-corrected chi connectivity index (χ2v) is 4.03. The summed E-state index contributed by atoms with van der Waals surface area (Å²) in [7, 11) is 0. The van der Waals surface area contributed by atoms with Crippen molar-refractivity contribution in [2.75, 3.05) is 18.9 Å². The van der Waals surface area contributed by atoms with Crippen molar-refractivity contribution in [3.63, 3.8) is 0 Å². The average molecular weight is 255 g/mol. The summed E-state index contributed by atoms with van der Waals surface area (Å²) >= 11 is 0. The molecule has 2 aromatic rings. The normalized spacial score (nSPS) is 11.6. The molecule has 0 unspecified atom stereocenters. The van der Waals surface area contributed by atoms with Crippen LogP contribution in [-0.2, 0) is 11.3 Å². The molecule has 0 aliphatic rings. The maximum atomic E-state index is 11.9. The average Bonchev–Trinajstić information content (AvgIpc) is 2.62. The first-order valence-corrected chi connectivity index (χ1v) is 5.67. The second-order valence-electron chi connectivity index (χ2n) is 4.03. The third-order valence-corrected chi connectivity index (χ3v) is 2.70. The van der Waals surface area contributed by atoms with E-state index in [-0.39, 0.29) is 6.61 Å². The number of nitrogens with zero attached hydrogens (tertiary/aromatic N) is 2. The first-order chi connectivity index (χ1) is 8.59. The molecule has 6 heteroatoms. The lowest BCUT2D eigenvalue weighted by Gasteiger charge is -2.08. The number of nitrogens with two attached hydrogens (primary N) is 1. The third kappa shape index (κ3) is 2.59. The minimum absolute atomic E-state index is 0.189. The maximum absolute atomic E-state index is 11.9. The van der Waals surface area contributed by atoms with Gasteiger partial charge in [0.05, 0.1) is 17.6 Å². The summed E-state index contributed by atoms with van der Waals surface area (Å²) in [5.74, 6) is 0.375. The van der Waals surface area contributed by atoms with E-state index in [4.69, 9.17) is 10.5 Å². The number of hydrogen-bond acceptors (Lipinski definition) is 3. The topological polar surface area (TPSA) is 53.1 Å². The maximum Gasteiger partial charge on any atom is 0.261 e. The fraction of sp³-hybridized carbons (Fsp3) is 0.417. The molecule has 4 nitrogen and oxygen atoms in total. The molecule has 0 radical (unpaired) electrons. The number of para-hydroxylation sites is 1. The van der Waals surface area contributed by atoms with Crippen LogP contribution >= 0.6 is 0 Å². The molecular weight excluding hydrogens is 240 g/mol. The van der Waals surface area contributed by atoms with Gasteiger partial charge in [-0.05, 0) is 18.6 Å². The van der Waals surface area contributed by atoms with E-state index in [0.717, 1.165) is 16.6 Å². The Morgan fingerprint density at radius 3 is 2.94 bits per heavy atom. The molecule has 1 aromatic carbocycles. The number of nitrogen functional groups attached to an aromatic ring is 1. The molecule has 0 saturated heterocycles. The van der Waals surface area contributed by atoms with Crippen LogP contribution in [-0.4, -0.2) is 29.2 Å². The quantitative estimate of drug-likeness (QED) is 0.833. The smallest absolute Gasteiger partial charge is 0.261 e. The van der Waals surface area contributed by atoms with Crippen LogP contribution in [0.3, 0.4) is 0 Å². The van der Waals surface area contributed by atoms with Crippen LogP contribution in [0.2, 0.25) is 0 Å². The number of fused-ring (bicyclic) bond motifs is 1. The fourth-order valence-electron chi connectivity index (χ4n) is 1.94. The van der Waals surface area contributed by atoms with E-state index in [1.165, 1.54) is 0 Å². The van der Waals surface area contributed by atoms with Crippen LogP contribution in [0.15, 0.2) is 18.2 Å². The van der Waals surface area contributed by atoms with Crippen molar-refractivity contribution in [2.24, 2.45) is 0 Å². The van der Waals surface area contributed by atoms with Gasteiger partial charge in [0.25, 0.3) is 6.43 Å². The molecular formula is C12H15F2N3O. The highest BCUT2D eigenvalue weighted by Crippen LogP contribution is 2.21. The highest BCUT2D eigenvalue weighted by Gasteiger charge is 2.10. The van der Waals surface area contributed by atoms with Crippen LogP contribution in [0.25, 0.3) is 11.0 Å². The van der Waals surface area contributed by atoms with Crippen molar-refractivity contribution < 1.29 is 13.5 Å². The molecule has 0 spiro atoms. The Balaban J connectivity index is 2.15. The highest BCUT2D eigenvalue weighted by atomic mass is 19.3. The van der Waals surface area contributed by atoms with Gasteiger partial charge in [-0.15, -0.1) is 0 Å². The number of imidazole rings is 1. The summed E-state index contributed by atoms with van der Waals surface area (Å²) in [6, 6.07) is 5.73. The minimum Gasteiger partial charge on any atom is -0.374 e. The zero-order chi connectivity index (χ0) is 13.1. The van der Waals surface area contributed by atoms with Crippen molar-refractivity contribution >= 4 is 17.0 Å². The van der Waals surface area contributed by atoms with Gasteiger partial charge < -0.3 is 15.0 Å². The number of alkyl halides is 2. The molecule has 2 N–H and O–H groups in total. The number of halogens is 2. The van der Waals surface area contributed by atoms with Gasteiger partial charge in [0.15, 0.2) is 0 Å². The van der Waals surface area contributed by atoms with E-state index in [0.29, 0.717) is 12.5 Å². The molecule has 0 atom stereocenters. The Bertz CT molecular complexity index is 539. The molecule has 0 bridgehead atoms. The van der Waals surface area contributed by atoms with Gasteiger partial charge in [0, 0.05) is 6.54 Å². The summed E-state index contributed by atoms with van der Waals surface area (Å²) in [5, 5.41) is 0. The van der Waals surface area contributed by atoms with E-state index in [1.54, 1.807) is 4.57 Å². The van der Waals surface area contributed by atoms with Crippen molar-refractivity contribution in [1.29, 1.82) is 0 Å². The molecule has 0 amide bonds. The lowest BCUT2D eigenvalue weighted by atomic mass is 10.2. The van der Waals surface area contributed by atoms with Crippen LogP contribution in [0.1, 0.15) is 5.56 Å². The van der Waals surface area contributed by atoms with Gasteiger partial charge in [-0.3, -0.25) is 0 Å². The van der Waals surface area contributed by atoms with E-state index < -0.39 is 13.0 Å². The molecule has 98 valence electrons. The van der Waals surface area contributed by atoms with Gasteiger partial charge >= 0.3 is 0 Å². The number of ether oxygens (including phenoxy) is 1. The number of rotatable bonds is 5.